The molecule has 32 heavy (non-hydrogen) atoms. The van der Waals surface area contributed by atoms with Crippen molar-refractivity contribution in [1.82, 2.24) is 9.97 Å². The van der Waals surface area contributed by atoms with Crippen molar-refractivity contribution in [3.8, 4) is 0 Å². The fraction of sp³-hybridized carbons (Fsp3) is 0.214. The van der Waals surface area contributed by atoms with Crippen molar-refractivity contribution in [2.24, 2.45) is 0 Å². The summed E-state index contributed by atoms with van der Waals surface area (Å²) in [7, 11) is 0. The van der Waals surface area contributed by atoms with Gasteiger partial charge in [-0.2, -0.15) is 0 Å². The molecular weight excluding hydrogens is 402 g/mol. The molecule has 0 saturated heterocycles. The minimum Gasteiger partial charge on any atom is -0.241 e. The maximum Gasteiger partial charge on any atom is 0.134 e. The Bertz CT molecular complexity index is 1200. The number of benzene rings is 3. The summed E-state index contributed by atoms with van der Waals surface area (Å²) in [4.78, 5) is 8.92. The molecule has 0 spiro atoms. The Morgan fingerprint density at radius 1 is 0.719 bits per heavy atom. The largest absolute Gasteiger partial charge is 0.241 e. The SMILES string of the molecule is C=CCCc1cnc(CCc2ccc3c(F)c(CCc4ccc(F)cc4)ccc3c2)nc1. The van der Waals surface area contributed by atoms with E-state index < -0.39 is 0 Å². The molecule has 0 aliphatic rings. The number of hydrogen-bond acceptors (Lipinski definition) is 2. The van der Waals surface area contributed by atoms with E-state index in [1.165, 1.54) is 12.1 Å². The molecule has 0 unspecified atom stereocenters. The van der Waals surface area contributed by atoms with E-state index in [1.54, 1.807) is 12.1 Å². The van der Waals surface area contributed by atoms with E-state index in [-0.39, 0.29) is 11.6 Å². The van der Waals surface area contributed by atoms with Gasteiger partial charge < -0.3 is 0 Å². The predicted molar refractivity (Wildman–Crippen MR) is 126 cm³/mol. The zero-order valence-electron chi connectivity index (χ0n) is 18.0. The Morgan fingerprint density at radius 2 is 1.44 bits per heavy atom. The smallest absolute Gasteiger partial charge is 0.134 e. The second kappa shape index (κ2) is 10.3. The van der Waals surface area contributed by atoms with Crippen LogP contribution in [0.2, 0.25) is 0 Å². The molecule has 4 heteroatoms. The summed E-state index contributed by atoms with van der Waals surface area (Å²) in [5.41, 5.74) is 3.93. The summed E-state index contributed by atoms with van der Waals surface area (Å²) in [6, 6.07) is 16.1. The molecule has 4 rings (SSSR count). The van der Waals surface area contributed by atoms with Crippen molar-refractivity contribution in [2.45, 2.75) is 38.5 Å². The number of rotatable bonds is 9. The summed E-state index contributed by atoms with van der Waals surface area (Å²) in [6.07, 6.45) is 10.3. The van der Waals surface area contributed by atoms with E-state index in [1.807, 2.05) is 48.8 Å². The minimum absolute atomic E-state index is 0.172. The molecule has 2 nitrogen and oxygen atoms in total. The molecule has 0 atom stereocenters. The Balaban J connectivity index is 1.41. The molecule has 0 fully saturated rings. The molecule has 0 radical (unpaired) electrons. The lowest BCUT2D eigenvalue weighted by Gasteiger charge is -2.09. The van der Waals surface area contributed by atoms with Crippen LogP contribution < -0.4 is 0 Å². The minimum atomic E-state index is -0.256. The van der Waals surface area contributed by atoms with Gasteiger partial charge in [0.25, 0.3) is 0 Å². The van der Waals surface area contributed by atoms with Crippen LogP contribution in [0.3, 0.4) is 0 Å². The van der Waals surface area contributed by atoms with Gasteiger partial charge in [0.2, 0.25) is 0 Å². The van der Waals surface area contributed by atoms with E-state index in [4.69, 9.17) is 0 Å². The van der Waals surface area contributed by atoms with Gasteiger partial charge in [0.05, 0.1) is 0 Å². The molecule has 0 bridgehead atoms. The van der Waals surface area contributed by atoms with Crippen LogP contribution in [0.4, 0.5) is 8.78 Å². The lowest BCUT2D eigenvalue weighted by molar-refractivity contribution is 0.619. The lowest BCUT2D eigenvalue weighted by atomic mass is 9.98. The highest BCUT2D eigenvalue weighted by Crippen LogP contribution is 2.24. The fourth-order valence-corrected chi connectivity index (χ4v) is 3.83. The third-order valence-electron chi connectivity index (χ3n) is 5.73. The first-order valence-electron chi connectivity index (χ1n) is 11.0. The average Bonchev–Trinajstić information content (AvgIpc) is 2.82. The Hall–Kier alpha value is -3.40. The van der Waals surface area contributed by atoms with Gasteiger partial charge in [0.1, 0.15) is 17.5 Å². The third-order valence-corrected chi connectivity index (χ3v) is 5.73. The van der Waals surface area contributed by atoms with Gasteiger partial charge in [0, 0.05) is 24.2 Å². The molecule has 1 aromatic heterocycles. The number of aryl methyl sites for hydroxylation is 5. The number of allylic oxidation sites excluding steroid dienone is 1. The zero-order valence-corrected chi connectivity index (χ0v) is 18.0. The monoisotopic (exact) mass is 428 g/mol. The Kier molecular flexibility index (Phi) is 7.00. The second-order valence-corrected chi connectivity index (χ2v) is 8.06. The van der Waals surface area contributed by atoms with Gasteiger partial charge in [-0.25, -0.2) is 18.7 Å². The van der Waals surface area contributed by atoms with E-state index >= 15 is 4.39 Å². The maximum absolute atomic E-state index is 15.1. The van der Waals surface area contributed by atoms with Crippen LogP contribution in [-0.4, -0.2) is 9.97 Å². The predicted octanol–water partition coefficient (Wildman–Crippen LogP) is 6.60. The van der Waals surface area contributed by atoms with Crippen molar-refractivity contribution in [3.63, 3.8) is 0 Å². The van der Waals surface area contributed by atoms with E-state index in [2.05, 4.69) is 16.5 Å². The Labute approximate surface area is 187 Å². The first-order chi connectivity index (χ1) is 15.6. The van der Waals surface area contributed by atoms with Crippen molar-refractivity contribution in [2.75, 3.05) is 0 Å². The average molecular weight is 429 g/mol. The summed E-state index contributed by atoms with van der Waals surface area (Å²) in [5.74, 6) is 0.387. The number of nitrogens with zero attached hydrogens (tertiary/aromatic N) is 2. The van der Waals surface area contributed by atoms with Gasteiger partial charge >= 0.3 is 0 Å². The third kappa shape index (κ3) is 5.44. The summed E-state index contributed by atoms with van der Waals surface area (Å²) in [6.45, 7) is 3.74. The van der Waals surface area contributed by atoms with Gasteiger partial charge in [-0.05, 0) is 71.9 Å². The first-order valence-corrected chi connectivity index (χ1v) is 11.0. The van der Waals surface area contributed by atoms with Gasteiger partial charge in [-0.3, -0.25) is 0 Å². The number of fused-ring (bicyclic) bond motifs is 1. The van der Waals surface area contributed by atoms with E-state index in [9.17, 15) is 4.39 Å². The molecule has 0 amide bonds. The molecule has 0 saturated carbocycles. The fourth-order valence-electron chi connectivity index (χ4n) is 3.83. The van der Waals surface area contributed by atoms with Crippen LogP contribution in [0.1, 0.15) is 34.5 Å². The highest BCUT2D eigenvalue weighted by atomic mass is 19.1. The normalized spacial score (nSPS) is 11.1. The summed E-state index contributed by atoms with van der Waals surface area (Å²) in [5, 5.41) is 1.53. The maximum atomic E-state index is 15.1. The van der Waals surface area contributed by atoms with Crippen LogP contribution >= 0.6 is 0 Å². The van der Waals surface area contributed by atoms with Crippen LogP contribution in [0.5, 0.6) is 0 Å². The molecule has 0 aliphatic heterocycles. The Morgan fingerprint density at radius 3 is 2.19 bits per heavy atom. The summed E-state index contributed by atoms with van der Waals surface area (Å²) < 4.78 is 28.1. The quantitative estimate of drug-likeness (QED) is 0.281. The molecule has 0 aliphatic carbocycles. The van der Waals surface area contributed by atoms with Crippen molar-refractivity contribution < 1.29 is 8.78 Å². The first kappa shape index (κ1) is 21.8. The number of halogens is 2. The highest BCUT2D eigenvalue weighted by molar-refractivity contribution is 5.84. The van der Waals surface area contributed by atoms with Gasteiger partial charge in [0.15, 0.2) is 0 Å². The van der Waals surface area contributed by atoms with Crippen LogP contribution in [0.15, 0.2) is 79.6 Å². The zero-order chi connectivity index (χ0) is 22.3. The van der Waals surface area contributed by atoms with Crippen molar-refractivity contribution >= 4 is 10.8 Å². The van der Waals surface area contributed by atoms with E-state index in [0.29, 0.717) is 23.8 Å². The van der Waals surface area contributed by atoms with Gasteiger partial charge in [-0.15, -0.1) is 6.58 Å². The topological polar surface area (TPSA) is 25.8 Å². The molecule has 0 N–H and O–H groups in total. The molecular formula is C28H26F2N2. The highest BCUT2D eigenvalue weighted by Gasteiger charge is 2.09. The second-order valence-electron chi connectivity index (χ2n) is 8.06. The van der Waals surface area contributed by atoms with Crippen molar-refractivity contribution in [1.29, 1.82) is 0 Å². The van der Waals surface area contributed by atoms with E-state index in [0.717, 1.165) is 53.6 Å². The van der Waals surface area contributed by atoms with Crippen molar-refractivity contribution in [3.05, 3.63) is 119 Å². The van der Waals surface area contributed by atoms with Crippen LogP contribution in [-0.2, 0) is 32.1 Å². The molecule has 4 aromatic rings. The van der Waals surface area contributed by atoms with Gasteiger partial charge in [-0.1, -0.05) is 48.5 Å². The number of aromatic nitrogens is 2. The molecule has 1 heterocycles. The summed E-state index contributed by atoms with van der Waals surface area (Å²) >= 11 is 0. The molecule has 162 valence electrons. The van der Waals surface area contributed by atoms with Crippen LogP contribution in [0.25, 0.3) is 10.8 Å². The lowest BCUT2D eigenvalue weighted by Crippen LogP contribution is -2.00. The molecule has 3 aromatic carbocycles. The standard InChI is InChI=1S/C28H26F2N2/c1-2-3-4-22-18-31-27(32-19-22)16-9-21-8-15-26-24(17-21)12-11-23(28(26)30)10-5-20-6-13-25(29)14-7-20/h2,6-8,11-15,17-19H,1,3-5,9-10,16H2. The number of hydrogen-bond donors (Lipinski definition) is 0. The van der Waals surface area contributed by atoms with Crippen LogP contribution in [0, 0.1) is 11.6 Å².